The molecule has 0 aliphatic heterocycles. The van der Waals surface area contributed by atoms with E-state index >= 15 is 0 Å². The van der Waals surface area contributed by atoms with E-state index in [0.717, 1.165) is 16.5 Å². The van der Waals surface area contributed by atoms with E-state index in [1.54, 1.807) is 0 Å². The molecule has 78 valence electrons. The van der Waals surface area contributed by atoms with Gasteiger partial charge in [0, 0.05) is 5.69 Å². The predicted molar refractivity (Wildman–Crippen MR) is 64.0 cm³/mol. The van der Waals surface area contributed by atoms with Crippen molar-refractivity contribution in [2.24, 2.45) is 0 Å². The van der Waals surface area contributed by atoms with Crippen molar-refractivity contribution in [2.75, 3.05) is 11.9 Å². The summed E-state index contributed by atoms with van der Waals surface area (Å²) in [5.41, 5.74) is 0.729. The minimum Gasteiger partial charge on any atom is -0.320 e. The lowest BCUT2D eigenvalue weighted by molar-refractivity contribution is -0.114. The van der Waals surface area contributed by atoms with Gasteiger partial charge in [-0.25, -0.2) is 6.57 Å². The molecule has 0 unspecified atom stereocenters. The number of carbonyl (C=O) groups is 1. The zero-order valence-electron chi connectivity index (χ0n) is 8.60. The van der Waals surface area contributed by atoms with E-state index in [0.29, 0.717) is 0 Å². The molecule has 0 aromatic heterocycles. The van der Waals surface area contributed by atoms with Crippen LogP contribution in [0.25, 0.3) is 15.6 Å². The monoisotopic (exact) mass is 210 g/mol. The fraction of sp³-hybridized carbons (Fsp3) is 0.0769. The van der Waals surface area contributed by atoms with Gasteiger partial charge in [0.1, 0.15) is 0 Å². The molecule has 2 rings (SSSR count). The molecule has 1 amide bonds. The molecule has 2 aromatic rings. The number of nitrogens with zero attached hydrogens (tertiary/aromatic N) is 1. The van der Waals surface area contributed by atoms with Crippen LogP contribution >= 0.6 is 0 Å². The molecule has 0 fully saturated rings. The molecule has 3 heteroatoms. The Morgan fingerprint density at radius 2 is 1.94 bits per heavy atom. The highest BCUT2D eigenvalue weighted by molar-refractivity contribution is 5.96. The van der Waals surface area contributed by atoms with Crippen LogP contribution in [0.15, 0.2) is 42.5 Å². The summed E-state index contributed by atoms with van der Waals surface area (Å²) in [6.45, 7) is 6.46. The first-order valence-corrected chi connectivity index (χ1v) is 4.91. The van der Waals surface area contributed by atoms with Gasteiger partial charge < -0.3 is 10.2 Å². The highest BCUT2D eigenvalue weighted by Crippen LogP contribution is 2.18. The molecule has 0 spiro atoms. The van der Waals surface area contributed by atoms with Crippen molar-refractivity contribution in [3.8, 4) is 0 Å². The zero-order valence-corrected chi connectivity index (χ0v) is 8.60. The number of nitrogens with one attached hydrogen (secondary N) is 1. The van der Waals surface area contributed by atoms with Gasteiger partial charge in [0.05, 0.1) is 0 Å². The molecule has 2 aromatic carbocycles. The standard InChI is InChI=1S/C13H10N2O/c1-14-9-13(16)15-12-7-6-10-4-2-3-5-11(10)8-12/h2-8H,9H2,(H,15,16). The van der Waals surface area contributed by atoms with E-state index < -0.39 is 0 Å². The highest BCUT2D eigenvalue weighted by Gasteiger charge is 2.04. The van der Waals surface area contributed by atoms with Crippen molar-refractivity contribution in [2.45, 2.75) is 0 Å². The molecule has 0 heterocycles. The smallest absolute Gasteiger partial charge is 0.304 e. The normalized spacial score (nSPS) is 9.69. The number of amides is 1. The number of benzene rings is 2. The molecular weight excluding hydrogens is 200 g/mol. The van der Waals surface area contributed by atoms with E-state index in [4.69, 9.17) is 6.57 Å². The van der Waals surface area contributed by atoms with Crippen LogP contribution in [0, 0.1) is 6.57 Å². The van der Waals surface area contributed by atoms with Crippen molar-refractivity contribution >= 4 is 22.4 Å². The van der Waals surface area contributed by atoms with Gasteiger partial charge in [0.15, 0.2) is 0 Å². The number of hydrogen-bond acceptors (Lipinski definition) is 1. The topological polar surface area (TPSA) is 33.5 Å². The number of hydrogen-bond donors (Lipinski definition) is 1. The molecule has 0 saturated heterocycles. The average molecular weight is 210 g/mol. The molecule has 0 atom stereocenters. The van der Waals surface area contributed by atoms with Gasteiger partial charge in [-0.05, 0) is 22.9 Å². The first kappa shape index (κ1) is 10.2. The minimum absolute atomic E-state index is 0.132. The van der Waals surface area contributed by atoms with Gasteiger partial charge >= 0.3 is 5.91 Å². The number of fused-ring (bicyclic) bond motifs is 1. The molecule has 16 heavy (non-hydrogen) atoms. The summed E-state index contributed by atoms with van der Waals surface area (Å²) < 4.78 is 0. The third kappa shape index (κ3) is 2.18. The van der Waals surface area contributed by atoms with Crippen molar-refractivity contribution in [3.05, 3.63) is 53.9 Å². The summed E-state index contributed by atoms with van der Waals surface area (Å²) in [6.07, 6.45) is 0. The Labute approximate surface area is 93.5 Å². The fourth-order valence-electron chi connectivity index (χ4n) is 1.54. The third-order valence-corrected chi connectivity index (χ3v) is 2.26. The van der Waals surface area contributed by atoms with Crippen molar-refractivity contribution in [1.82, 2.24) is 0 Å². The van der Waals surface area contributed by atoms with Crippen LogP contribution in [0.5, 0.6) is 0 Å². The summed E-state index contributed by atoms with van der Waals surface area (Å²) in [6, 6.07) is 13.6. The van der Waals surface area contributed by atoms with E-state index in [2.05, 4.69) is 10.2 Å². The second-order valence-electron chi connectivity index (χ2n) is 3.43. The fourth-order valence-corrected chi connectivity index (χ4v) is 1.54. The maximum atomic E-state index is 11.2. The molecule has 0 aliphatic carbocycles. The second-order valence-corrected chi connectivity index (χ2v) is 3.43. The third-order valence-electron chi connectivity index (χ3n) is 2.26. The predicted octanol–water partition coefficient (Wildman–Crippen LogP) is 2.70. The van der Waals surface area contributed by atoms with Crippen LogP contribution in [0.1, 0.15) is 0 Å². The summed E-state index contributed by atoms with van der Waals surface area (Å²) >= 11 is 0. The maximum Gasteiger partial charge on any atom is 0.304 e. The maximum absolute atomic E-state index is 11.2. The lowest BCUT2D eigenvalue weighted by Gasteiger charge is -2.03. The SMILES string of the molecule is [C-]#[N+]CC(=O)Nc1ccc2ccccc2c1. The first-order valence-electron chi connectivity index (χ1n) is 4.91. The van der Waals surface area contributed by atoms with Crippen LogP contribution in [-0.4, -0.2) is 12.5 Å². The Morgan fingerprint density at radius 3 is 2.69 bits per heavy atom. The average Bonchev–Trinajstić information content (AvgIpc) is 2.29. The molecule has 0 radical (unpaired) electrons. The van der Waals surface area contributed by atoms with Crippen LogP contribution in [0.2, 0.25) is 0 Å². The largest absolute Gasteiger partial charge is 0.320 e. The molecular formula is C13H10N2O. The lowest BCUT2D eigenvalue weighted by Crippen LogP contribution is -2.13. The highest BCUT2D eigenvalue weighted by atomic mass is 16.1. The van der Waals surface area contributed by atoms with Gasteiger partial charge in [0.25, 0.3) is 6.54 Å². The molecule has 0 aliphatic rings. The van der Waals surface area contributed by atoms with E-state index in [1.807, 2.05) is 42.5 Å². The van der Waals surface area contributed by atoms with Gasteiger partial charge in [-0.3, -0.25) is 4.79 Å². The first-order chi connectivity index (χ1) is 7.79. The second kappa shape index (κ2) is 4.45. The molecule has 3 nitrogen and oxygen atoms in total. The minimum atomic E-state index is -0.273. The Kier molecular flexibility index (Phi) is 2.84. The summed E-state index contributed by atoms with van der Waals surface area (Å²) in [4.78, 5) is 14.3. The van der Waals surface area contributed by atoms with E-state index in [-0.39, 0.29) is 12.5 Å². The van der Waals surface area contributed by atoms with Crippen LogP contribution in [-0.2, 0) is 4.79 Å². The van der Waals surface area contributed by atoms with Crippen molar-refractivity contribution < 1.29 is 4.79 Å². The quantitative estimate of drug-likeness (QED) is 0.759. The number of rotatable bonds is 2. The zero-order chi connectivity index (χ0) is 11.4. The van der Waals surface area contributed by atoms with Gasteiger partial charge in [-0.2, -0.15) is 0 Å². The van der Waals surface area contributed by atoms with Crippen molar-refractivity contribution in [3.63, 3.8) is 0 Å². The van der Waals surface area contributed by atoms with E-state index in [1.165, 1.54) is 0 Å². The number of anilines is 1. The van der Waals surface area contributed by atoms with Crippen LogP contribution in [0.4, 0.5) is 5.69 Å². The van der Waals surface area contributed by atoms with Gasteiger partial charge in [-0.15, -0.1) is 0 Å². The number of carbonyl (C=O) groups excluding carboxylic acids is 1. The van der Waals surface area contributed by atoms with E-state index in [9.17, 15) is 4.79 Å². The van der Waals surface area contributed by atoms with Crippen LogP contribution < -0.4 is 5.32 Å². The summed E-state index contributed by atoms with van der Waals surface area (Å²) in [7, 11) is 0. The van der Waals surface area contributed by atoms with Crippen LogP contribution in [0.3, 0.4) is 0 Å². The molecule has 1 N–H and O–H groups in total. The van der Waals surface area contributed by atoms with Crippen molar-refractivity contribution in [1.29, 1.82) is 0 Å². The Hall–Kier alpha value is -2.34. The van der Waals surface area contributed by atoms with Gasteiger partial charge in [0.2, 0.25) is 0 Å². The van der Waals surface area contributed by atoms with Gasteiger partial charge in [-0.1, -0.05) is 30.3 Å². The Balaban J connectivity index is 2.26. The lowest BCUT2D eigenvalue weighted by atomic mass is 10.1. The molecule has 0 bridgehead atoms. The Morgan fingerprint density at radius 1 is 1.19 bits per heavy atom. The summed E-state index contributed by atoms with van der Waals surface area (Å²) in [5, 5.41) is 4.88. The summed E-state index contributed by atoms with van der Waals surface area (Å²) in [5.74, 6) is -0.273. The molecule has 0 saturated carbocycles. The Bertz CT molecular complexity index is 569.